The van der Waals surface area contributed by atoms with Crippen molar-refractivity contribution < 1.29 is 18.7 Å². The normalized spacial score (nSPS) is 15.5. The highest BCUT2D eigenvalue weighted by atomic mass is 16.5. The number of rotatable bonds is 2. The Kier molecular flexibility index (Phi) is 6.96. The van der Waals surface area contributed by atoms with Gasteiger partial charge in [-0.05, 0) is 42.5 Å². The first-order valence-corrected chi connectivity index (χ1v) is 10.7. The van der Waals surface area contributed by atoms with Gasteiger partial charge in [-0.15, -0.1) is 5.10 Å². The van der Waals surface area contributed by atoms with E-state index in [0.29, 0.717) is 24.5 Å². The Morgan fingerprint density at radius 1 is 1.19 bits per heavy atom. The summed E-state index contributed by atoms with van der Waals surface area (Å²) in [5, 5.41) is 11.7. The molecular formula is C23H27N5O4. The molecule has 0 unspecified atom stereocenters. The number of aryl methyl sites for hydroxylation is 2. The Morgan fingerprint density at radius 2 is 2.06 bits per heavy atom. The molecule has 1 aliphatic heterocycles. The van der Waals surface area contributed by atoms with Crippen LogP contribution in [0.25, 0.3) is 0 Å². The summed E-state index contributed by atoms with van der Waals surface area (Å²) in [5.41, 5.74) is 3.11. The van der Waals surface area contributed by atoms with E-state index in [1.165, 1.54) is 23.1 Å². The number of amides is 1. The molecule has 0 spiro atoms. The number of hydrogen-bond acceptors (Lipinski definition) is 7. The molecule has 9 nitrogen and oxygen atoms in total. The predicted octanol–water partition coefficient (Wildman–Crippen LogP) is 2.31. The zero-order valence-electron chi connectivity index (χ0n) is 18.1. The van der Waals surface area contributed by atoms with Crippen LogP contribution in [0.1, 0.15) is 46.0 Å². The number of fused-ring (bicyclic) bond motifs is 6. The fraction of sp³-hybridized carbons (Fsp3) is 0.391. The standard InChI is InChI=1S/C23H27N5O4/c1-31-22(29)16-27-14-19-15-28(26-25-19)10-3-2-5-17-6-4-7-18(11-17)12-24-13-20-8-9-21(32-20)23(27)30/h4,6-9,11,15,24H,2-3,5,10,12-14,16H2,1H3. The summed E-state index contributed by atoms with van der Waals surface area (Å²) < 4.78 is 12.3. The average Bonchev–Trinajstić information content (AvgIpc) is 3.45. The van der Waals surface area contributed by atoms with Gasteiger partial charge in [0.15, 0.2) is 5.76 Å². The number of nitrogens with zero attached hydrogens (tertiary/aromatic N) is 4. The van der Waals surface area contributed by atoms with Crippen LogP contribution in [0.3, 0.4) is 0 Å². The van der Waals surface area contributed by atoms with Crippen molar-refractivity contribution in [3.63, 3.8) is 0 Å². The number of nitrogens with one attached hydrogen (secondary N) is 1. The molecule has 2 aromatic heterocycles. The summed E-state index contributed by atoms with van der Waals surface area (Å²) in [6.07, 6.45) is 4.81. The molecular weight excluding hydrogens is 410 g/mol. The molecule has 1 aromatic carbocycles. The lowest BCUT2D eigenvalue weighted by Crippen LogP contribution is -2.35. The maximum atomic E-state index is 13.0. The number of furan rings is 1. The largest absolute Gasteiger partial charge is 0.468 e. The zero-order chi connectivity index (χ0) is 22.3. The highest BCUT2D eigenvalue weighted by molar-refractivity contribution is 5.93. The summed E-state index contributed by atoms with van der Waals surface area (Å²) in [6, 6.07) is 11.9. The van der Waals surface area contributed by atoms with Gasteiger partial charge in [0.25, 0.3) is 5.91 Å². The number of carbonyl (C=O) groups is 2. The Bertz CT molecular complexity index is 1070. The third-order valence-electron chi connectivity index (χ3n) is 5.37. The molecule has 3 aromatic rings. The van der Waals surface area contributed by atoms with Gasteiger partial charge in [0, 0.05) is 13.1 Å². The number of aromatic nitrogens is 3. The second kappa shape index (κ2) is 10.2. The molecule has 168 valence electrons. The average molecular weight is 438 g/mol. The van der Waals surface area contributed by atoms with Crippen molar-refractivity contribution in [3.8, 4) is 0 Å². The molecule has 32 heavy (non-hydrogen) atoms. The molecule has 0 radical (unpaired) electrons. The smallest absolute Gasteiger partial charge is 0.325 e. The first-order valence-electron chi connectivity index (χ1n) is 10.7. The number of carbonyl (C=O) groups excluding carboxylic acids is 2. The zero-order valence-corrected chi connectivity index (χ0v) is 18.1. The fourth-order valence-electron chi connectivity index (χ4n) is 3.71. The molecule has 3 heterocycles. The van der Waals surface area contributed by atoms with Crippen LogP contribution in [0.15, 0.2) is 47.0 Å². The first kappa shape index (κ1) is 21.8. The van der Waals surface area contributed by atoms with Crippen molar-refractivity contribution in [1.29, 1.82) is 0 Å². The highest BCUT2D eigenvalue weighted by Crippen LogP contribution is 2.15. The number of hydrogen-bond donors (Lipinski definition) is 1. The monoisotopic (exact) mass is 437 g/mol. The Morgan fingerprint density at radius 3 is 2.94 bits per heavy atom. The lowest BCUT2D eigenvalue weighted by molar-refractivity contribution is -0.141. The van der Waals surface area contributed by atoms with E-state index in [1.54, 1.807) is 16.8 Å². The number of ether oxygens (including phenoxy) is 1. The fourth-order valence-corrected chi connectivity index (χ4v) is 3.71. The van der Waals surface area contributed by atoms with E-state index in [-0.39, 0.29) is 18.8 Å². The molecule has 1 amide bonds. The van der Waals surface area contributed by atoms with Crippen LogP contribution in [0.4, 0.5) is 0 Å². The van der Waals surface area contributed by atoms with Gasteiger partial charge in [-0.3, -0.25) is 14.3 Å². The Labute approximate surface area is 186 Å². The van der Waals surface area contributed by atoms with Crippen LogP contribution in [0.2, 0.25) is 0 Å². The summed E-state index contributed by atoms with van der Waals surface area (Å²) >= 11 is 0. The summed E-state index contributed by atoms with van der Waals surface area (Å²) in [7, 11) is 1.29. The molecule has 0 saturated carbocycles. The quantitative estimate of drug-likeness (QED) is 0.614. The minimum Gasteiger partial charge on any atom is -0.468 e. The topological polar surface area (TPSA) is 102 Å². The van der Waals surface area contributed by atoms with Crippen molar-refractivity contribution in [2.45, 2.75) is 45.4 Å². The van der Waals surface area contributed by atoms with Gasteiger partial charge in [0.05, 0.1) is 26.4 Å². The van der Waals surface area contributed by atoms with Gasteiger partial charge in [0.1, 0.15) is 18.0 Å². The third kappa shape index (κ3) is 5.61. The number of benzene rings is 1. The van der Waals surface area contributed by atoms with Gasteiger partial charge in [-0.25, -0.2) is 0 Å². The van der Waals surface area contributed by atoms with E-state index in [1.807, 2.05) is 6.20 Å². The van der Waals surface area contributed by atoms with E-state index >= 15 is 0 Å². The molecule has 0 saturated heterocycles. The lowest BCUT2D eigenvalue weighted by Gasteiger charge is -2.19. The molecule has 6 bridgehead atoms. The number of methoxy groups -OCH3 is 1. The van der Waals surface area contributed by atoms with Crippen molar-refractivity contribution >= 4 is 11.9 Å². The molecule has 1 aliphatic rings. The van der Waals surface area contributed by atoms with Gasteiger partial charge >= 0.3 is 5.97 Å². The molecule has 9 heteroatoms. The molecule has 4 rings (SSSR count). The molecule has 0 atom stereocenters. The molecule has 1 N–H and O–H groups in total. The summed E-state index contributed by atoms with van der Waals surface area (Å²) in [6.45, 7) is 1.86. The highest BCUT2D eigenvalue weighted by Gasteiger charge is 2.23. The lowest BCUT2D eigenvalue weighted by atomic mass is 10.1. The van der Waals surface area contributed by atoms with Crippen LogP contribution < -0.4 is 5.32 Å². The van der Waals surface area contributed by atoms with E-state index in [9.17, 15) is 9.59 Å². The summed E-state index contributed by atoms with van der Waals surface area (Å²) in [5.74, 6) is -0.106. The maximum absolute atomic E-state index is 13.0. The minimum absolute atomic E-state index is 0.133. The van der Waals surface area contributed by atoms with Crippen LogP contribution in [-0.4, -0.2) is 45.4 Å². The maximum Gasteiger partial charge on any atom is 0.325 e. The van der Waals surface area contributed by atoms with Crippen molar-refractivity contribution in [3.05, 3.63) is 70.9 Å². The second-order valence-corrected chi connectivity index (χ2v) is 7.86. The van der Waals surface area contributed by atoms with Crippen LogP contribution >= 0.6 is 0 Å². The van der Waals surface area contributed by atoms with Crippen molar-refractivity contribution in [2.75, 3.05) is 13.7 Å². The van der Waals surface area contributed by atoms with Crippen molar-refractivity contribution in [1.82, 2.24) is 25.2 Å². The van der Waals surface area contributed by atoms with E-state index in [4.69, 9.17) is 9.15 Å². The van der Waals surface area contributed by atoms with Crippen molar-refractivity contribution in [2.24, 2.45) is 0 Å². The first-order chi connectivity index (χ1) is 15.6. The third-order valence-corrected chi connectivity index (χ3v) is 5.37. The SMILES string of the molecule is COC(=O)CN1Cc2cn(nn2)CCCCc2cccc(c2)CNCc2ccc(o2)C1=O. The van der Waals surface area contributed by atoms with E-state index < -0.39 is 11.9 Å². The van der Waals surface area contributed by atoms with Gasteiger partial charge < -0.3 is 19.4 Å². The summed E-state index contributed by atoms with van der Waals surface area (Å²) in [4.78, 5) is 26.3. The predicted molar refractivity (Wildman–Crippen MR) is 115 cm³/mol. The van der Waals surface area contributed by atoms with Gasteiger partial charge in [0.2, 0.25) is 0 Å². The van der Waals surface area contributed by atoms with Crippen LogP contribution in [-0.2, 0) is 42.1 Å². The van der Waals surface area contributed by atoms with Crippen LogP contribution in [0, 0.1) is 0 Å². The minimum atomic E-state index is -0.515. The Balaban J connectivity index is 1.57. The van der Waals surface area contributed by atoms with E-state index in [0.717, 1.165) is 25.8 Å². The second-order valence-electron chi connectivity index (χ2n) is 7.86. The Hall–Kier alpha value is -3.46. The van der Waals surface area contributed by atoms with E-state index in [2.05, 4.69) is 39.9 Å². The van der Waals surface area contributed by atoms with Crippen LogP contribution in [0.5, 0.6) is 0 Å². The van der Waals surface area contributed by atoms with Gasteiger partial charge in [-0.2, -0.15) is 0 Å². The van der Waals surface area contributed by atoms with Gasteiger partial charge in [-0.1, -0.05) is 29.5 Å². The molecule has 0 aliphatic carbocycles. The molecule has 0 fully saturated rings. The number of esters is 1.